The lowest BCUT2D eigenvalue weighted by molar-refractivity contribution is -0.384. The second-order valence-corrected chi connectivity index (χ2v) is 7.90. The van der Waals surface area contributed by atoms with E-state index < -0.39 is 33.4 Å². The number of nitro groups is 1. The number of nitrogens with zero attached hydrogens (tertiary/aromatic N) is 4. The predicted octanol–water partition coefficient (Wildman–Crippen LogP) is 5.97. The van der Waals surface area contributed by atoms with Crippen molar-refractivity contribution in [1.29, 1.82) is 0 Å². The summed E-state index contributed by atoms with van der Waals surface area (Å²) in [6.07, 6.45) is -4.78. The fraction of sp³-hybridized carbons (Fsp3) is 0.136. The van der Waals surface area contributed by atoms with Crippen LogP contribution < -0.4 is 10.1 Å². The zero-order valence-corrected chi connectivity index (χ0v) is 18.8. The van der Waals surface area contributed by atoms with Crippen LogP contribution in [0.4, 0.5) is 24.5 Å². The Kier molecular flexibility index (Phi) is 6.07. The van der Waals surface area contributed by atoms with E-state index in [2.05, 4.69) is 15.4 Å². The molecular weight excluding hydrogens is 491 g/mol. The number of aryl methyl sites for hydroxylation is 2. The second kappa shape index (κ2) is 8.87. The van der Waals surface area contributed by atoms with E-state index in [0.717, 1.165) is 23.8 Å². The van der Waals surface area contributed by atoms with Crippen molar-refractivity contribution in [3.05, 3.63) is 86.3 Å². The molecule has 0 fully saturated rings. The number of halogens is 4. The molecule has 0 unspecified atom stereocenters. The Morgan fingerprint density at radius 2 is 1.80 bits per heavy atom. The van der Waals surface area contributed by atoms with Crippen LogP contribution in [0.15, 0.2) is 48.5 Å². The van der Waals surface area contributed by atoms with Crippen molar-refractivity contribution >= 4 is 34.5 Å². The zero-order chi connectivity index (χ0) is 25.5. The number of nitrogens with one attached hydrogen (secondary N) is 1. The van der Waals surface area contributed by atoms with Crippen molar-refractivity contribution in [2.45, 2.75) is 20.0 Å². The molecule has 0 aliphatic heterocycles. The molecular formula is C22H15ClF3N5O4. The van der Waals surface area contributed by atoms with Crippen molar-refractivity contribution in [3.63, 3.8) is 0 Å². The first-order valence-electron chi connectivity index (χ1n) is 9.91. The van der Waals surface area contributed by atoms with E-state index in [9.17, 15) is 28.1 Å². The Labute approximate surface area is 200 Å². The highest BCUT2D eigenvalue weighted by molar-refractivity contribution is 6.37. The predicted molar refractivity (Wildman–Crippen MR) is 120 cm³/mol. The third-order valence-corrected chi connectivity index (χ3v) is 5.13. The fourth-order valence-corrected chi connectivity index (χ4v) is 3.46. The summed E-state index contributed by atoms with van der Waals surface area (Å²) in [4.78, 5) is 27.5. The Balaban J connectivity index is 1.70. The fourth-order valence-electron chi connectivity index (χ4n) is 3.21. The van der Waals surface area contributed by atoms with Crippen molar-refractivity contribution in [2.75, 3.05) is 5.32 Å². The maximum atomic E-state index is 13.4. The molecule has 0 saturated heterocycles. The van der Waals surface area contributed by atoms with Crippen molar-refractivity contribution in [3.8, 4) is 11.5 Å². The minimum Gasteiger partial charge on any atom is -0.457 e. The standard InChI is InChI=1S/C22H15ClF3N5O4/c1-11-3-5-15(6-4-11)35-16-9-13(8-14(10-16)31(33)34)28-21(32)19-18(23)20-27-12(2)7-17(22(24,25)26)30(20)29-19/h3-10H,1-2H3,(H,28,32). The number of anilines is 1. The van der Waals surface area contributed by atoms with Crippen LogP contribution >= 0.6 is 11.6 Å². The van der Waals surface area contributed by atoms with Crippen LogP contribution in [0.5, 0.6) is 11.5 Å². The molecule has 2 aromatic carbocycles. The average molecular weight is 506 g/mol. The number of aromatic nitrogens is 3. The first kappa shape index (κ1) is 24.0. The summed E-state index contributed by atoms with van der Waals surface area (Å²) in [7, 11) is 0. The number of carbonyl (C=O) groups is 1. The molecule has 0 bridgehead atoms. The van der Waals surface area contributed by atoms with Gasteiger partial charge in [0.25, 0.3) is 11.6 Å². The molecule has 0 radical (unpaired) electrons. The molecule has 0 saturated carbocycles. The van der Waals surface area contributed by atoms with Crippen LogP contribution in [0, 0.1) is 24.0 Å². The molecule has 1 amide bonds. The van der Waals surface area contributed by atoms with Crippen molar-refractivity contribution in [1.82, 2.24) is 14.6 Å². The van der Waals surface area contributed by atoms with Crippen molar-refractivity contribution < 1.29 is 27.6 Å². The number of hydrogen-bond acceptors (Lipinski definition) is 6. The Morgan fingerprint density at radius 3 is 2.43 bits per heavy atom. The van der Waals surface area contributed by atoms with Crippen LogP contribution in [-0.2, 0) is 6.18 Å². The number of alkyl halides is 3. The largest absolute Gasteiger partial charge is 0.457 e. The summed E-state index contributed by atoms with van der Waals surface area (Å²) in [5.41, 5.74) is -1.50. The lowest BCUT2D eigenvalue weighted by atomic mass is 10.2. The number of rotatable bonds is 5. The van der Waals surface area contributed by atoms with Crippen molar-refractivity contribution in [2.24, 2.45) is 0 Å². The molecule has 2 heterocycles. The van der Waals surface area contributed by atoms with Gasteiger partial charge in [0.1, 0.15) is 22.2 Å². The summed E-state index contributed by atoms with van der Waals surface area (Å²) in [5, 5.41) is 17.0. The van der Waals surface area contributed by atoms with Crippen LogP contribution in [0.1, 0.15) is 27.4 Å². The molecule has 0 spiro atoms. The van der Waals surface area contributed by atoms with Gasteiger partial charge in [-0.25, -0.2) is 9.50 Å². The number of carbonyl (C=O) groups excluding carboxylic acids is 1. The monoisotopic (exact) mass is 505 g/mol. The molecule has 1 N–H and O–H groups in total. The van der Waals surface area contributed by atoms with Crippen LogP contribution in [-0.4, -0.2) is 25.4 Å². The van der Waals surface area contributed by atoms with E-state index >= 15 is 0 Å². The molecule has 0 atom stereocenters. The van der Waals surface area contributed by atoms with Crippen LogP contribution in [0.3, 0.4) is 0 Å². The van der Waals surface area contributed by atoms with Gasteiger partial charge in [-0.1, -0.05) is 29.3 Å². The van der Waals surface area contributed by atoms with Crippen LogP contribution in [0.25, 0.3) is 5.65 Å². The van der Waals surface area contributed by atoms with E-state index in [1.165, 1.54) is 13.0 Å². The molecule has 0 aliphatic carbocycles. The number of hydrogen-bond donors (Lipinski definition) is 1. The zero-order valence-electron chi connectivity index (χ0n) is 18.1. The summed E-state index contributed by atoms with van der Waals surface area (Å²) < 4.78 is 46.4. The van der Waals surface area contributed by atoms with Gasteiger partial charge in [-0.15, -0.1) is 0 Å². The van der Waals surface area contributed by atoms with E-state index in [0.29, 0.717) is 10.3 Å². The molecule has 0 aliphatic rings. The van der Waals surface area contributed by atoms with E-state index in [-0.39, 0.29) is 28.5 Å². The summed E-state index contributed by atoms with van der Waals surface area (Å²) in [6.45, 7) is 3.22. The lowest BCUT2D eigenvalue weighted by Crippen LogP contribution is -2.16. The molecule has 35 heavy (non-hydrogen) atoms. The van der Waals surface area contributed by atoms with Crippen LogP contribution in [0.2, 0.25) is 5.02 Å². The first-order chi connectivity index (χ1) is 16.4. The smallest absolute Gasteiger partial charge is 0.433 e. The SMILES string of the molecule is Cc1ccc(Oc2cc(NC(=O)c3nn4c(C(F)(F)F)cc(C)nc4c3Cl)cc([N+](=O)[O-])c2)cc1. The minimum atomic E-state index is -4.78. The van der Waals surface area contributed by atoms with Gasteiger partial charge in [0.05, 0.1) is 16.7 Å². The molecule has 2 aromatic heterocycles. The number of benzene rings is 2. The number of ether oxygens (including phenoxy) is 1. The number of non-ortho nitro benzene ring substituents is 1. The Bertz CT molecular complexity index is 1470. The minimum absolute atomic E-state index is 0.0233. The first-order valence-corrected chi connectivity index (χ1v) is 10.3. The number of amides is 1. The maximum Gasteiger partial charge on any atom is 0.433 e. The van der Waals surface area contributed by atoms with E-state index in [1.54, 1.807) is 24.3 Å². The normalized spacial score (nSPS) is 11.5. The summed E-state index contributed by atoms with van der Waals surface area (Å²) >= 11 is 6.14. The lowest BCUT2D eigenvalue weighted by Gasteiger charge is -2.09. The highest BCUT2D eigenvalue weighted by Gasteiger charge is 2.36. The van der Waals surface area contributed by atoms with Gasteiger partial charge in [-0.3, -0.25) is 14.9 Å². The summed E-state index contributed by atoms with van der Waals surface area (Å²) in [5.74, 6) is -0.540. The van der Waals surface area contributed by atoms with Gasteiger partial charge < -0.3 is 10.1 Å². The molecule has 4 aromatic rings. The molecule has 4 rings (SSSR count). The highest BCUT2D eigenvalue weighted by Crippen LogP contribution is 2.33. The highest BCUT2D eigenvalue weighted by atomic mass is 35.5. The van der Waals surface area contributed by atoms with E-state index in [4.69, 9.17) is 16.3 Å². The van der Waals surface area contributed by atoms with E-state index in [1.807, 2.05) is 6.92 Å². The third kappa shape index (κ3) is 5.01. The number of nitro benzene ring substituents is 1. The molecule has 13 heteroatoms. The Hall–Kier alpha value is -4.19. The molecule has 9 nitrogen and oxygen atoms in total. The second-order valence-electron chi connectivity index (χ2n) is 7.52. The Morgan fingerprint density at radius 1 is 1.11 bits per heavy atom. The average Bonchev–Trinajstić information content (AvgIpc) is 3.10. The van der Waals surface area contributed by atoms with Gasteiger partial charge in [0, 0.05) is 17.8 Å². The maximum absolute atomic E-state index is 13.4. The van der Waals surface area contributed by atoms with Gasteiger partial charge in [0.15, 0.2) is 11.3 Å². The molecule has 180 valence electrons. The topological polar surface area (TPSA) is 112 Å². The number of fused-ring (bicyclic) bond motifs is 1. The van der Waals surface area contributed by atoms with Gasteiger partial charge in [-0.05, 0) is 32.0 Å². The van der Waals surface area contributed by atoms with Gasteiger partial charge >= 0.3 is 6.18 Å². The van der Waals surface area contributed by atoms with Gasteiger partial charge in [0.2, 0.25) is 0 Å². The van der Waals surface area contributed by atoms with Gasteiger partial charge in [-0.2, -0.15) is 18.3 Å². The third-order valence-electron chi connectivity index (χ3n) is 4.78. The summed E-state index contributed by atoms with van der Waals surface area (Å²) in [6, 6.07) is 11.2. The quantitative estimate of drug-likeness (QED) is 0.264.